The van der Waals surface area contributed by atoms with Crippen LogP contribution in [0.5, 0.6) is 11.5 Å². The van der Waals surface area contributed by atoms with Crippen molar-refractivity contribution in [1.82, 2.24) is 15.5 Å². The van der Waals surface area contributed by atoms with E-state index in [9.17, 15) is 4.79 Å². The summed E-state index contributed by atoms with van der Waals surface area (Å²) in [4.78, 5) is 16.9. The lowest BCUT2D eigenvalue weighted by Crippen LogP contribution is -2.31. The standard InChI is InChI=1S/C25H23N3O4/c1-17(18-8-4-3-5-9-18)26-23(29)16-31-22-11-7-6-10-21(22)25-27-24(28-32-25)19-12-14-20(30-2)15-13-19/h3-15,17H,16H2,1-2H3,(H,26,29)/t17-/m0/s1. The van der Waals surface area contributed by atoms with Crippen LogP contribution < -0.4 is 14.8 Å². The molecule has 1 atom stereocenters. The highest BCUT2D eigenvalue weighted by atomic mass is 16.5. The molecule has 7 nitrogen and oxygen atoms in total. The van der Waals surface area contributed by atoms with Gasteiger partial charge in [0.1, 0.15) is 11.5 Å². The summed E-state index contributed by atoms with van der Waals surface area (Å²) in [5.74, 6) is 1.77. The van der Waals surface area contributed by atoms with E-state index in [1.807, 2.05) is 79.7 Å². The summed E-state index contributed by atoms with van der Waals surface area (Å²) >= 11 is 0. The SMILES string of the molecule is COc1ccc(-c2noc(-c3ccccc3OCC(=O)N[C@@H](C)c3ccccc3)n2)cc1. The van der Waals surface area contributed by atoms with Crippen LogP contribution in [0.25, 0.3) is 22.8 Å². The van der Waals surface area contributed by atoms with Crippen LogP contribution in [0, 0.1) is 0 Å². The summed E-state index contributed by atoms with van der Waals surface area (Å²) in [7, 11) is 1.61. The number of hydrogen-bond donors (Lipinski definition) is 1. The second-order valence-corrected chi connectivity index (χ2v) is 7.14. The van der Waals surface area contributed by atoms with Gasteiger partial charge in [-0.05, 0) is 48.9 Å². The van der Waals surface area contributed by atoms with E-state index in [2.05, 4.69) is 15.5 Å². The van der Waals surface area contributed by atoms with Crippen LogP contribution in [0.1, 0.15) is 18.5 Å². The fourth-order valence-corrected chi connectivity index (χ4v) is 3.21. The van der Waals surface area contributed by atoms with Gasteiger partial charge in [0.2, 0.25) is 5.82 Å². The second-order valence-electron chi connectivity index (χ2n) is 7.14. The Balaban J connectivity index is 1.44. The van der Waals surface area contributed by atoms with Gasteiger partial charge < -0.3 is 19.3 Å². The molecule has 4 aromatic rings. The maximum Gasteiger partial charge on any atom is 0.262 e. The first-order valence-corrected chi connectivity index (χ1v) is 10.2. The van der Waals surface area contributed by atoms with Crippen molar-refractivity contribution in [3.05, 3.63) is 84.4 Å². The predicted octanol–water partition coefficient (Wildman–Crippen LogP) is 4.67. The van der Waals surface area contributed by atoms with Crippen LogP contribution in [0.15, 0.2) is 83.4 Å². The third kappa shape index (κ3) is 4.95. The lowest BCUT2D eigenvalue weighted by atomic mass is 10.1. The second kappa shape index (κ2) is 9.78. The molecule has 1 amide bonds. The van der Waals surface area contributed by atoms with Crippen molar-refractivity contribution in [2.24, 2.45) is 0 Å². The maximum absolute atomic E-state index is 12.4. The molecule has 0 bridgehead atoms. The molecule has 32 heavy (non-hydrogen) atoms. The van der Waals surface area contributed by atoms with Gasteiger partial charge in [-0.2, -0.15) is 4.98 Å². The number of ether oxygens (including phenoxy) is 2. The lowest BCUT2D eigenvalue weighted by molar-refractivity contribution is -0.123. The van der Waals surface area contributed by atoms with Crippen LogP contribution in [-0.4, -0.2) is 29.8 Å². The minimum Gasteiger partial charge on any atom is -0.497 e. The zero-order valence-electron chi connectivity index (χ0n) is 17.8. The molecular weight excluding hydrogens is 406 g/mol. The number of para-hydroxylation sites is 1. The molecule has 162 valence electrons. The minimum atomic E-state index is -0.222. The number of aromatic nitrogens is 2. The monoisotopic (exact) mass is 429 g/mol. The van der Waals surface area contributed by atoms with Gasteiger partial charge in [-0.15, -0.1) is 0 Å². The first-order chi connectivity index (χ1) is 15.6. The Hall–Kier alpha value is -4.13. The smallest absolute Gasteiger partial charge is 0.262 e. The zero-order valence-corrected chi connectivity index (χ0v) is 17.8. The van der Waals surface area contributed by atoms with E-state index in [-0.39, 0.29) is 18.6 Å². The van der Waals surface area contributed by atoms with Crippen LogP contribution >= 0.6 is 0 Å². The number of hydrogen-bond acceptors (Lipinski definition) is 6. The fraction of sp³-hybridized carbons (Fsp3) is 0.160. The Labute approximate surface area is 186 Å². The molecule has 3 aromatic carbocycles. The first-order valence-electron chi connectivity index (χ1n) is 10.2. The number of carbonyl (C=O) groups is 1. The van der Waals surface area contributed by atoms with E-state index in [0.717, 1.165) is 16.9 Å². The molecule has 4 rings (SSSR count). The van der Waals surface area contributed by atoms with Crippen molar-refractivity contribution in [3.63, 3.8) is 0 Å². The molecule has 0 aliphatic carbocycles. The molecule has 0 aliphatic rings. The number of benzene rings is 3. The van der Waals surface area contributed by atoms with Crippen molar-refractivity contribution in [1.29, 1.82) is 0 Å². The van der Waals surface area contributed by atoms with Crippen molar-refractivity contribution >= 4 is 5.91 Å². The molecule has 0 unspecified atom stereocenters. The van der Waals surface area contributed by atoms with Gasteiger partial charge in [0.05, 0.1) is 18.7 Å². The Morgan fingerprint density at radius 2 is 1.72 bits per heavy atom. The van der Waals surface area contributed by atoms with E-state index in [0.29, 0.717) is 23.0 Å². The number of amides is 1. The molecule has 0 saturated heterocycles. The Morgan fingerprint density at radius 1 is 1.00 bits per heavy atom. The highest BCUT2D eigenvalue weighted by molar-refractivity contribution is 5.78. The number of carbonyl (C=O) groups excluding carboxylic acids is 1. The van der Waals surface area contributed by atoms with Gasteiger partial charge in [-0.3, -0.25) is 4.79 Å². The molecular formula is C25H23N3O4. The first kappa shape index (κ1) is 21.1. The van der Waals surface area contributed by atoms with E-state index in [4.69, 9.17) is 14.0 Å². The highest BCUT2D eigenvalue weighted by Crippen LogP contribution is 2.30. The summed E-state index contributed by atoms with van der Waals surface area (Å²) < 4.78 is 16.4. The Bertz CT molecular complexity index is 1170. The van der Waals surface area contributed by atoms with Crippen LogP contribution in [0.4, 0.5) is 0 Å². The molecule has 0 saturated carbocycles. The van der Waals surface area contributed by atoms with Gasteiger partial charge in [0, 0.05) is 5.56 Å². The summed E-state index contributed by atoms with van der Waals surface area (Å²) in [6.45, 7) is 1.80. The average Bonchev–Trinajstić information content (AvgIpc) is 3.33. The van der Waals surface area contributed by atoms with Crippen LogP contribution in [0.2, 0.25) is 0 Å². The summed E-state index contributed by atoms with van der Waals surface area (Å²) in [5, 5.41) is 7.00. The predicted molar refractivity (Wildman–Crippen MR) is 120 cm³/mol. The van der Waals surface area contributed by atoms with Crippen molar-refractivity contribution in [3.8, 4) is 34.3 Å². The number of nitrogens with zero attached hydrogens (tertiary/aromatic N) is 2. The molecule has 0 spiro atoms. The van der Waals surface area contributed by atoms with E-state index in [1.165, 1.54) is 0 Å². The summed E-state index contributed by atoms with van der Waals surface area (Å²) in [6, 6.07) is 24.3. The highest BCUT2D eigenvalue weighted by Gasteiger charge is 2.16. The molecule has 0 fully saturated rings. The molecule has 1 N–H and O–H groups in total. The van der Waals surface area contributed by atoms with Crippen molar-refractivity contribution in [2.75, 3.05) is 13.7 Å². The average molecular weight is 429 g/mol. The molecule has 1 heterocycles. The Kier molecular flexibility index (Phi) is 6.46. The number of methoxy groups -OCH3 is 1. The van der Waals surface area contributed by atoms with Crippen molar-refractivity contribution < 1.29 is 18.8 Å². The van der Waals surface area contributed by atoms with Gasteiger partial charge in [0.25, 0.3) is 11.8 Å². The zero-order chi connectivity index (χ0) is 22.3. The normalized spacial score (nSPS) is 11.6. The number of nitrogens with one attached hydrogen (secondary N) is 1. The van der Waals surface area contributed by atoms with E-state index >= 15 is 0 Å². The third-order valence-corrected chi connectivity index (χ3v) is 4.93. The van der Waals surface area contributed by atoms with Gasteiger partial charge in [-0.25, -0.2) is 0 Å². The lowest BCUT2D eigenvalue weighted by Gasteiger charge is -2.15. The fourth-order valence-electron chi connectivity index (χ4n) is 3.21. The third-order valence-electron chi connectivity index (χ3n) is 4.93. The van der Waals surface area contributed by atoms with Gasteiger partial charge in [0.15, 0.2) is 6.61 Å². The van der Waals surface area contributed by atoms with Crippen LogP contribution in [-0.2, 0) is 4.79 Å². The van der Waals surface area contributed by atoms with Gasteiger partial charge in [-0.1, -0.05) is 47.6 Å². The van der Waals surface area contributed by atoms with Gasteiger partial charge >= 0.3 is 0 Å². The van der Waals surface area contributed by atoms with E-state index in [1.54, 1.807) is 13.2 Å². The quantitative estimate of drug-likeness (QED) is 0.438. The topological polar surface area (TPSA) is 86.5 Å². The summed E-state index contributed by atoms with van der Waals surface area (Å²) in [5.41, 5.74) is 2.44. The molecule has 7 heteroatoms. The Morgan fingerprint density at radius 3 is 2.47 bits per heavy atom. The number of rotatable bonds is 8. The summed E-state index contributed by atoms with van der Waals surface area (Å²) in [6.07, 6.45) is 0. The largest absolute Gasteiger partial charge is 0.497 e. The van der Waals surface area contributed by atoms with Crippen LogP contribution in [0.3, 0.4) is 0 Å². The maximum atomic E-state index is 12.4. The van der Waals surface area contributed by atoms with E-state index < -0.39 is 0 Å². The molecule has 0 aliphatic heterocycles. The minimum absolute atomic E-state index is 0.120. The van der Waals surface area contributed by atoms with Crippen molar-refractivity contribution in [2.45, 2.75) is 13.0 Å². The molecule has 0 radical (unpaired) electrons. The molecule has 1 aromatic heterocycles.